The average molecular weight is 231 g/mol. The van der Waals surface area contributed by atoms with Gasteiger partial charge >= 0.3 is 5.97 Å². The minimum atomic E-state index is -0.170. The first-order valence-electron chi connectivity index (χ1n) is 5.94. The molecule has 0 fully saturated rings. The number of hydrogen-bond donors (Lipinski definition) is 1. The first kappa shape index (κ1) is 15.4. The molecule has 96 valence electrons. The van der Waals surface area contributed by atoms with Gasteiger partial charge in [0.05, 0.1) is 13.0 Å². The Morgan fingerprint density at radius 1 is 1.19 bits per heavy atom. The molecule has 0 aliphatic heterocycles. The molecule has 0 amide bonds. The van der Waals surface area contributed by atoms with E-state index in [1.165, 1.54) is 0 Å². The SMILES string of the molecule is CCCOCCOC(=O)CCNC(C)(C)C. The molecule has 0 rings (SSSR count). The zero-order valence-corrected chi connectivity index (χ0v) is 11.0. The van der Waals surface area contributed by atoms with Crippen molar-refractivity contribution in [3.05, 3.63) is 0 Å². The Morgan fingerprint density at radius 2 is 1.88 bits per heavy atom. The predicted molar refractivity (Wildman–Crippen MR) is 64.4 cm³/mol. The van der Waals surface area contributed by atoms with Crippen molar-refractivity contribution < 1.29 is 14.3 Å². The maximum Gasteiger partial charge on any atom is 0.307 e. The van der Waals surface area contributed by atoms with Crippen molar-refractivity contribution in [2.24, 2.45) is 0 Å². The van der Waals surface area contributed by atoms with E-state index < -0.39 is 0 Å². The van der Waals surface area contributed by atoms with E-state index in [0.717, 1.165) is 13.0 Å². The summed E-state index contributed by atoms with van der Waals surface area (Å²) in [5, 5.41) is 3.23. The van der Waals surface area contributed by atoms with E-state index in [1.54, 1.807) is 0 Å². The molecular weight excluding hydrogens is 206 g/mol. The van der Waals surface area contributed by atoms with Crippen LogP contribution < -0.4 is 5.32 Å². The summed E-state index contributed by atoms with van der Waals surface area (Å²) in [6.45, 7) is 10.5. The van der Waals surface area contributed by atoms with E-state index in [-0.39, 0.29) is 11.5 Å². The lowest BCUT2D eigenvalue weighted by atomic mass is 10.1. The van der Waals surface area contributed by atoms with E-state index in [0.29, 0.717) is 26.2 Å². The molecule has 0 radical (unpaired) electrons. The molecule has 16 heavy (non-hydrogen) atoms. The van der Waals surface area contributed by atoms with Crippen LogP contribution in [0.4, 0.5) is 0 Å². The van der Waals surface area contributed by atoms with Crippen LogP contribution in [0.2, 0.25) is 0 Å². The lowest BCUT2D eigenvalue weighted by Crippen LogP contribution is -2.37. The zero-order chi connectivity index (χ0) is 12.4. The van der Waals surface area contributed by atoms with Crippen LogP contribution in [0.15, 0.2) is 0 Å². The Balaban J connectivity index is 3.32. The van der Waals surface area contributed by atoms with Crippen LogP contribution in [-0.2, 0) is 14.3 Å². The lowest BCUT2D eigenvalue weighted by molar-refractivity contribution is -0.145. The van der Waals surface area contributed by atoms with Crippen molar-refractivity contribution in [1.82, 2.24) is 5.32 Å². The van der Waals surface area contributed by atoms with Crippen LogP contribution in [-0.4, -0.2) is 37.9 Å². The standard InChI is InChI=1S/C12H25NO3/c1-5-8-15-9-10-16-11(14)6-7-13-12(2,3)4/h13H,5-10H2,1-4H3. The van der Waals surface area contributed by atoms with Gasteiger partial charge in [0.1, 0.15) is 6.61 Å². The summed E-state index contributed by atoms with van der Waals surface area (Å²) in [6.07, 6.45) is 1.40. The van der Waals surface area contributed by atoms with Crippen molar-refractivity contribution in [3.63, 3.8) is 0 Å². The summed E-state index contributed by atoms with van der Waals surface area (Å²) >= 11 is 0. The summed E-state index contributed by atoms with van der Waals surface area (Å²) in [5.41, 5.74) is 0.0461. The van der Waals surface area contributed by atoms with E-state index in [4.69, 9.17) is 9.47 Å². The summed E-state index contributed by atoms with van der Waals surface area (Å²) in [4.78, 5) is 11.2. The van der Waals surface area contributed by atoms with E-state index in [1.807, 2.05) is 6.92 Å². The molecule has 0 heterocycles. The highest BCUT2D eigenvalue weighted by molar-refractivity contribution is 5.69. The second kappa shape index (κ2) is 8.53. The average Bonchev–Trinajstić information content (AvgIpc) is 2.15. The smallest absolute Gasteiger partial charge is 0.307 e. The number of carbonyl (C=O) groups is 1. The second-order valence-corrected chi connectivity index (χ2v) is 4.76. The minimum absolute atomic E-state index is 0.0461. The molecule has 0 aromatic carbocycles. The Bertz CT molecular complexity index is 187. The summed E-state index contributed by atoms with van der Waals surface area (Å²) in [7, 11) is 0. The van der Waals surface area contributed by atoms with Gasteiger partial charge in [0.2, 0.25) is 0 Å². The number of ether oxygens (including phenoxy) is 2. The molecule has 0 aromatic rings. The van der Waals surface area contributed by atoms with Crippen LogP contribution in [0.5, 0.6) is 0 Å². The molecule has 0 saturated heterocycles. The van der Waals surface area contributed by atoms with E-state index in [9.17, 15) is 4.79 Å². The van der Waals surface area contributed by atoms with Gasteiger partial charge in [-0.2, -0.15) is 0 Å². The molecule has 4 heteroatoms. The largest absolute Gasteiger partial charge is 0.463 e. The van der Waals surface area contributed by atoms with Gasteiger partial charge < -0.3 is 14.8 Å². The Hall–Kier alpha value is -0.610. The van der Waals surface area contributed by atoms with E-state index >= 15 is 0 Å². The molecule has 0 atom stereocenters. The molecule has 0 bridgehead atoms. The quantitative estimate of drug-likeness (QED) is 0.510. The van der Waals surface area contributed by atoms with Gasteiger partial charge in [-0.1, -0.05) is 6.92 Å². The van der Waals surface area contributed by atoms with Crippen LogP contribution >= 0.6 is 0 Å². The highest BCUT2D eigenvalue weighted by Gasteiger charge is 2.09. The molecule has 0 aromatic heterocycles. The minimum Gasteiger partial charge on any atom is -0.463 e. The summed E-state index contributed by atoms with van der Waals surface area (Å²) in [6, 6.07) is 0. The van der Waals surface area contributed by atoms with Gasteiger partial charge in [0.15, 0.2) is 0 Å². The third-order valence-corrected chi connectivity index (χ3v) is 1.82. The molecule has 0 spiro atoms. The first-order chi connectivity index (χ1) is 7.45. The number of rotatable bonds is 8. The summed E-state index contributed by atoms with van der Waals surface area (Å²) < 4.78 is 10.2. The third-order valence-electron chi connectivity index (χ3n) is 1.82. The van der Waals surface area contributed by atoms with Gasteiger partial charge in [-0.25, -0.2) is 0 Å². The van der Waals surface area contributed by atoms with Crippen LogP contribution in [0.25, 0.3) is 0 Å². The molecular formula is C12H25NO3. The fourth-order valence-electron chi connectivity index (χ4n) is 1.07. The van der Waals surface area contributed by atoms with Crippen molar-refractivity contribution >= 4 is 5.97 Å². The van der Waals surface area contributed by atoms with Gasteiger partial charge in [-0.3, -0.25) is 4.79 Å². The van der Waals surface area contributed by atoms with Crippen molar-refractivity contribution in [2.75, 3.05) is 26.4 Å². The van der Waals surface area contributed by atoms with Crippen LogP contribution in [0.1, 0.15) is 40.5 Å². The molecule has 0 aliphatic rings. The van der Waals surface area contributed by atoms with E-state index in [2.05, 4.69) is 26.1 Å². The fourth-order valence-corrected chi connectivity index (χ4v) is 1.07. The predicted octanol–water partition coefficient (Wildman–Crippen LogP) is 1.73. The molecule has 0 unspecified atom stereocenters. The van der Waals surface area contributed by atoms with Crippen LogP contribution in [0.3, 0.4) is 0 Å². The monoisotopic (exact) mass is 231 g/mol. The van der Waals surface area contributed by atoms with Gasteiger partial charge in [0, 0.05) is 18.7 Å². The number of hydrogen-bond acceptors (Lipinski definition) is 4. The van der Waals surface area contributed by atoms with Gasteiger partial charge in [-0.05, 0) is 27.2 Å². The number of nitrogens with one attached hydrogen (secondary N) is 1. The third kappa shape index (κ3) is 11.5. The zero-order valence-electron chi connectivity index (χ0n) is 11.0. The molecule has 0 saturated carbocycles. The highest BCUT2D eigenvalue weighted by Crippen LogP contribution is 1.98. The molecule has 4 nitrogen and oxygen atoms in total. The van der Waals surface area contributed by atoms with Crippen molar-refractivity contribution in [3.8, 4) is 0 Å². The molecule has 1 N–H and O–H groups in total. The maximum absolute atomic E-state index is 11.2. The van der Waals surface area contributed by atoms with Crippen LogP contribution in [0, 0.1) is 0 Å². The Labute approximate surface area is 98.7 Å². The lowest BCUT2D eigenvalue weighted by Gasteiger charge is -2.19. The summed E-state index contributed by atoms with van der Waals surface area (Å²) in [5.74, 6) is -0.170. The highest BCUT2D eigenvalue weighted by atomic mass is 16.6. The number of carbonyl (C=O) groups excluding carboxylic acids is 1. The Morgan fingerprint density at radius 3 is 2.44 bits per heavy atom. The fraction of sp³-hybridized carbons (Fsp3) is 0.917. The van der Waals surface area contributed by atoms with Gasteiger partial charge in [0.25, 0.3) is 0 Å². The normalized spacial score (nSPS) is 11.5. The second-order valence-electron chi connectivity index (χ2n) is 4.76. The van der Waals surface area contributed by atoms with Crippen molar-refractivity contribution in [2.45, 2.75) is 46.1 Å². The first-order valence-corrected chi connectivity index (χ1v) is 5.94. The topological polar surface area (TPSA) is 47.6 Å². The van der Waals surface area contributed by atoms with Crippen molar-refractivity contribution in [1.29, 1.82) is 0 Å². The van der Waals surface area contributed by atoms with Gasteiger partial charge in [-0.15, -0.1) is 0 Å². The molecule has 0 aliphatic carbocycles. The number of esters is 1. The Kier molecular flexibility index (Phi) is 8.21. The maximum atomic E-state index is 11.2.